The van der Waals surface area contributed by atoms with Gasteiger partial charge in [0, 0.05) is 11.8 Å². The third-order valence-electron chi connectivity index (χ3n) is 3.11. The maximum absolute atomic E-state index is 11.2. The molecule has 0 saturated heterocycles. The van der Waals surface area contributed by atoms with E-state index >= 15 is 0 Å². The number of primary amides is 1. The van der Waals surface area contributed by atoms with Gasteiger partial charge in [-0.25, -0.2) is 10.1 Å². The molecule has 0 aliphatic rings. The molecule has 0 aliphatic heterocycles. The lowest BCUT2D eigenvalue weighted by atomic mass is 10.2. The minimum atomic E-state index is -1.09. The summed E-state index contributed by atoms with van der Waals surface area (Å²) in [5.41, 5.74) is 9.26. The highest BCUT2D eigenvalue weighted by Gasteiger charge is 2.12. The van der Waals surface area contributed by atoms with E-state index in [1.54, 1.807) is 22.2 Å². The standard InChI is InChI=1S/C16H13N5O2S/c17-15(22)16(23)19-18-9-11-10-21(12-5-2-1-3-6-12)20-14(11)13-7-4-8-24-13/h1-10H,(H2,17,22)(H,19,23)/b18-9-. The molecule has 2 heterocycles. The Kier molecular flexibility index (Phi) is 4.48. The maximum Gasteiger partial charge on any atom is 0.329 e. The van der Waals surface area contributed by atoms with Crippen LogP contribution in [0.5, 0.6) is 0 Å². The molecule has 0 aliphatic carbocycles. The lowest BCUT2D eigenvalue weighted by molar-refractivity contribution is -0.137. The normalized spacial score (nSPS) is 10.8. The smallest absolute Gasteiger partial charge is 0.329 e. The minimum Gasteiger partial charge on any atom is -0.361 e. The van der Waals surface area contributed by atoms with Crippen molar-refractivity contribution in [3.05, 3.63) is 59.6 Å². The van der Waals surface area contributed by atoms with Crippen molar-refractivity contribution in [2.24, 2.45) is 10.8 Å². The Morgan fingerprint density at radius 3 is 2.67 bits per heavy atom. The third-order valence-corrected chi connectivity index (χ3v) is 3.99. The fourth-order valence-electron chi connectivity index (χ4n) is 2.02. The molecule has 3 aromatic rings. The Morgan fingerprint density at radius 2 is 2.00 bits per heavy atom. The topological polar surface area (TPSA) is 102 Å². The summed E-state index contributed by atoms with van der Waals surface area (Å²) in [4.78, 5) is 22.8. The molecule has 0 spiro atoms. The van der Waals surface area contributed by atoms with Crippen molar-refractivity contribution in [3.8, 4) is 16.3 Å². The molecule has 7 nitrogen and oxygen atoms in total. The first-order valence-corrected chi connectivity index (χ1v) is 7.85. The molecule has 0 fully saturated rings. The Balaban J connectivity index is 1.95. The van der Waals surface area contributed by atoms with Gasteiger partial charge in [0.05, 0.1) is 16.8 Å². The van der Waals surface area contributed by atoms with Crippen molar-refractivity contribution in [1.82, 2.24) is 15.2 Å². The molecule has 0 saturated carbocycles. The van der Waals surface area contributed by atoms with E-state index in [9.17, 15) is 9.59 Å². The van der Waals surface area contributed by atoms with Crippen LogP contribution in [0.15, 0.2) is 59.1 Å². The zero-order valence-electron chi connectivity index (χ0n) is 12.4. The van der Waals surface area contributed by atoms with Crippen LogP contribution in [0.3, 0.4) is 0 Å². The van der Waals surface area contributed by atoms with E-state index in [0.717, 1.165) is 16.3 Å². The number of para-hydroxylation sites is 1. The number of hydrazone groups is 1. The molecular formula is C16H13N5O2S. The largest absolute Gasteiger partial charge is 0.361 e. The summed E-state index contributed by atoms with van der Waals surface area (Å²) in [7, 11) is 0. The Bertz CT molecular complexity index is 885. The molecule has 3 rings (SSSR count). The first kappa shape index (κ1) is 15.6. The fraction of sp³-hybridized carbons (Fsp3) is 0. The van der Waals surface area contributed by atoms with Crippen LogP contribution in [0.2, 0.25) is 0 Å². The molecular weight excluding hydrogens is 326 g/mol. The monoisotopic (exact) mass is 339 g/mol. The molecule has 2 amide bonds. The second kappa shape index (κ2) is 6.88. The molecule has 1 aromatic carbocycles. The van der Waals surface area contributed by atoms with Crippen molar-refractivity contribution in [2.45, 2.75) is 0 Å². The molecule has 0 atom stereocenters. The van der Waals surface area contributed by atoms with Gasteiger partial charge < -0.3 is 5.73 Å². The van der Waals surface area contributed by atoms with Crippen LogP contribution in [0.1, 0.15) is 5.56 Å². The van der Waals surface area contributed by atoms with Gasteiger partial charge in [0.15, 0.2) is 0 Å². The van der Waals surface area contributed by atoms with Gasteiger partial charge in [0.2, 0.25) is 0 Å². The Labute approximate surface area is 141 Å². The van der Waals surface area contributed by atoms with Crippen LogP contribution in [0.25, 0.3) is 16.3 Å². The highest BCUT2D eigenvalue weighted by atomic mass is 32.1. The number of hydrogen-bond acceptors (Lipinski definition) is 5. The van der Waals surface area contributed by atoms with Crippen molar-refractivity contribution >= 4 is 29.4 Å². The first-order chi connectivity index (χ1) is 11.6. The highest BCUT2D eigenvalue weighted by Crippen LogP contribution is 2.26. The molecule has 0 bridgehead atoms. The predicted octanol–water partition coefficient (Wildman–Crippen LogP) is 1.54. The molecule has 3 N–H and O–H groups in total. The van der Waals surface area contributed by atoms with Crippen LogP contribution in [0, 0.1) is 0 Å². The van der Waals surface area contributed by atoms with E-state index in [1.807, 2.05) is 47.8 Å². The van der Waals surface area contributed by atoms with E-state index < -0.39 is 11.8 Å². The van der Waals surface area contributed by atoms with Gasteiger partial charge in [0.1, 0.15) is 5.69 Å². The summed E-state index contributed by atoms with van der Waals surface area (Å²) >= 11 is 1.54. The molecule has 2 aromatic heterocycles. The van der Waals surface area contributed by atoms with Gasteiger partial charge in [0.25, 0.3) is 0 Å². The first-order valence-electron chi connectivity index (χ1n) is 6.97. The van der Waals surface area contributed by atoms with Crippen molar-refractivity contribution in [1.29, 1.82) is 0 Å². The summed E-state index contributed by atoms with van der Waals surface area (Å²) in [6, 6.07) is 13.5. The third kappa shape index (κ3) is 3.39. The molecule has 8 heteroatoms. The zero-order chi connectivity index (χ0) is 16.9. The predicted molar refractivity (Wildman–Crippen MR) is 91.8 cm³/mol. The van der Waals surface area contributed by atoms with Crippen LogP contribution in [-0.4, -0.2) is 27.8 Å². The van der Waals surface area contributed by atoms with Gasteiger partial charge in [-0.15, -0.1) is 11.3 Å². The maximum atomic E-state index is 11.2. The summed E-state index contributed by atoms with van der Waals surface area (Å²) in [5.74, 6) is -2.06. The second-order valence-corrected chi connectivity index (χ2v) is 5.70. The number of carbonyl (C=O) groups is 2. The number of nitrogens with two attached hydrogens (primary N) is 1. The quantitative estimate of drug-likeness (QED) is 0.428. The van der Waals surface area contributed by atoms with E-state index in [4.69, 9.17) is 5.73 Å². The summed E-state index contributed by atoms with van der Waals surface area (Å²) < 4.78 is 1.73. The van der Waals surface area contributed by atoms with Gasteiger partial charge in [-0.2, -0.15) is 10.2 Å². The van der Waals surface area contributed by atoms with Gasteiger partial charge >= 0.3 is 11.8 Å². The number of hydrogen-bond donors (Lipinski definition) is 2. The summed E-state index contributed by atoms with van der Waals surface area (Å²) in [5, 5.41) is 10.3. The molecule has 0 radical (unpaired) electrons. The van der Waals surface area contributed by atoms with E-state index in [1.165, 1.54) is 6.21 Å². The SMILES string of the molecule is NC(=O)C(=O)N/N=C\c1cn(-c2ccccc2)nc1-c1cccs1. The number of nitrogens with one attached hydrogen (secondary N) is 1. The number of carbonyl (C=O) groups excluding carboxylic acids is 2. The second-order valence-electron chi connectivity index (χ2n) is 4.75. The average molecular weight is 339 g/mol. The number of aromatic nitrogens is 2. The van der Waals surface area contributed by atoms with Gasteiger partial charge in [-0.1, -0.05) is 24.3 Å². The summed E-state index contributed by atoms with van der Waals surface area (Å²) in [6.45, 7) is 0. The van der Waals surface area contributed by atoms with E-state index in [2.05, 4.69) is 15.6 Å². The van der Waals surface area contributed by atoms with E-state index in [0.29, 0.717) is 5.56 Å². The molecule has 120 valence electrons. The van der Waals surface area contributed by atoms with E-state index in [-0.39, 0.29) is 0 Å². The number of thiophene rings is 1. The van der Waals surface area contributed by atoms with Crippen LogP contribution in [0.4, 0.5) is 0 Å². The summed E-state index contributed by atoms with van der Waals surface area (Å²) in [6.07, 6.45) is 3.23. The average Bonchev–Trinajstić information content (AvgIpc) is 3.24. The fourth-order valence-corrected chi connectivity index (χ4v) is 2.75. The number of nitrogens with zero attached hydrogens (tertiary/aromatic N) is 3. The number of benzene rings is 1. The van der Waals surface area contributed by atoms with Crippen LogP contribution >= 0.6 is 11.3 Å². The van der Waals surface area contributed by atoms with Gasteiger partial charge in [-0.05, 0) is 23.6 Å². The van der Waals surface area contributed by atoms with Crippen molar-refractivity contribution < 1.29 is 9.59 Å². The minimum absolute atomic E-state index is 0.700. The molecule has 0 unspecified atom stereocenters. The van der Waals surface area contributed by atoms with Gasteiger partial charge in [-0.3, -0.25) is 9.59 Å². The zero-order valence-corrected chi connectivity index (χ0v) is 13.2. The lowest BCUT2D eigenvalue weighted by Gasteiger charge is -1.98. The van der Waals surface area contributed by atoms with Crippen molar-refractivity contribution in [2.75, 3.05) is 0 Å². The highest BCUT2D eigenvalue weighted by molar-refractivity contribution is 7.13. The lowest BCUT2D eigenvalue weighted by Crippen LogP contribution is -2.32. The molecule has 24 heavy (non-hydrogen) atoms. The van der Waals surface area contributed by atoms with Crippen LogP contribution < -0.4 is 11.2 Å². The number of rotatable bonds is 4. The Hall–Kier alpha value is -3.26. The van der Waals surface area contributed by atoms with Crippen molar-refractivity contribution in [3.63, 3.8) is 0 Å². The van der Waals surface area contributed by atoms with Crippen LogP contribution in [-0.2, 0) is 9.59 Å². The Morgan fingerprint density at radius 1 is 1.21 bits per heavy atom. The number of amides is 2.